The fourth-order valence-electron chi connectivity index (χ4n) is 15.7. The minimum Gasteiger partial charge on any atom is -0.311 e. The number of nitrogens with zero attached hydrogens (tertiary/aromatic N) is 2. The number of hydrogen-bond acceptors (Lipinski definition) is 4. The summed E-state index contributed by atoms with van der Waals surface area (Å²) in [6.45, 7) is -0.167. The van der Waals surface area contributed by atoms with Crippen molar-refractivity contribution in [1.29, 1.82) is 0 Å². The summed E-state index contributed by atoms with van der Waals surface area (Å²) in [5.74, 6) is 0. The Morgan fingerprint density at radius 2 is 0.791 bits per heavy atom. The number of anilines is 6. The second-order valence-electron chi connectivity index (χ2n) is 23.3. The summed E-state index contributed by atoms with van der Waals surface area (Å²) < 4.78 is 2.59. The highest BCUT2D eigenvalue weighted by atomic mass is 32.2. The molecule has 0 amide bonds. The summed E-state index contributed by atoms with van der Waals surface area (Å²) in [4.78, 5) is 7.93. The molecule has 0 unspecified atom stereocenters. The SMILES string of the molecule is c1ccc(-c2ccc(N3c4ccccc4B4c5c3cc(-c3cccc6c3sc3ccccc36)cc5N(c3ccc(-c5ccccc5)c5ccccc35)c3ccc5c(c34)-c3ccccc3C53c4ccccc4Sc4ccccc43)c3ccccc23)cc1. The van der Waals surface area contributed by atoms with Gasteiger partial charge in [-0.2, -0.15) is 0 Å². The van der Waals surface area contributed by atoms with Crippen molar-refractivity contribution >= 4 is 122 Å². The zero-order valence-corrected chi connectivity index (χ0v) is 48.2. The molecule has 14 aromatic carbocycles. The predicted molar refractivity (Wildman–Crippen MR) is 366 cm³/mol. The van der Waals surface area contributed by atoms with Gasteiger partial charge in [-0.1, -0.05) is 254 Å². The first-order chi connectivity index (χ1) is 42.7. The fourth-order valence-corrected chi connectivity index (χ4v) is 18.2. The molecule has 5 heteroatoms. The molecule has 1 aromatic heterocycles. The number of hydrogen-bond donors (Lipinski definition) is 0. The van der Waals surface area contributed by atoms with Gasteiger partial charge in [0.25, 0.3) is 6.71 Å². The van der Waals surface area contributed by atoms with E-state index in [0.717, 1.165) is 11.4 Å². The lowest BCUT2D eigenvalue weighted by atomic mass is 9.32. The van der Waals surface area contributed by atoms with Gasteiger partial charge < -0.3 is 9.80 Å². The smallest absolute Gasteiger partial charge is 0.252 e. The lowest BCUT2D eigenvalue weighted by Crippen LogP contribution is -2.62. The molecule has 86 heavy (non-hydrogen) atoms. The van der Waals surface area contributed by atoms with Gasteiger partial charge >= 0.3 is 0 Å². The second-order valence-corrected chi connectivity index (χ2v) is 25.4. The summed E-state index contributed by atoms with van der Waals surface area (Å²) in [5, 5.41) is 7.42. The molecule has 3 aliphatic heterocycles. The second kappa shape index (κ2) is 18.4. The molecule has 4 heterocycles. The Hall–Kier alpha value is -10.2. The topological polar surface area (TPSA) is 6.48 Å². The number of thiophene rings is 1. The van der Waals surface area contributed by atoms with Crippen LogP contribution in [0.15, 0.2) is 307 Å². The Morgan fingerprint density at radius 1 is 0.291 bits per heavy atom. The molecule has 0 radical (unpaired) electrons. The van der Waals surface area contributed by atoms with Gasteiger partial charge in [-0.15, -0.1) is 11.3 Å². The largest absolute Gasteiger partial charge is 0.311 e. The highest BCUT2D eigenvalue weighted by Gasteiger charge is 2.54. The van der Waals surface area contributed by atoms with E-state index >= 15 is 0 Å². The zero-order valence-electron chi connectivity index (χ0n) is 46.6. The van der Waals surface area contributed by atoms with Crippen molar-refractivity contribution in [1.82, 2.24) is 0 Å². The van der Waals surface area contributed by atoms with Crippen molar-refractivity contribution in [3.8, 4) is 44.5 Å². The first-order valence-electron chi connectivity index (χ1n) is 29.8. The Balaban J connectivity index is 0.981. The van der Waals surface area contributed by atoms with Crippen LogP contribution in [-0.4, -0.2) is 6.71 Å². The maximum Gasteiger partial charge on any atom is 0.252 e. The van der Waals surface area contributed by atoms with Gasteiger partial charge in [0.2, 0.25) is 0 Å². The summed E-state index contributed by atoms with van der Waals surface area (Å²) in [6.07, 6.45) is 0. The van der Waals surface area contributed by atoms with Gasteiger partial charge in [-0.25, -0.2) is 0 Å². The highest BCUT2D eigenvalue weighted by molar-refractivity contribution is 7.99. The van der Waals surface area contributed by atoms with E-state index in [1.165, 1.54) is 157 Å². The first-order valence-corrected chi connectivity index (χ1v) is 31.4. The van der Waals surface area contributed by atoms with Crippen LogP contribution in [0.2, 0.25) is 0 Å². The molecule has 2 nitrogen and oxygen atoms in total. The van der Waals surface area contributed by atoms with Crippen LogP contribution in [0.5, 0.6) is 0 Å². The molecule has 19 rings (SSSR count). The molecule has 15 aromatic rings. The van der Waals surface area contributed by atoms with Gasteiger partial charge in [0, 0.05) is 63.5 Å². The maximum atomic E-state index is 2.69. The normalized spacial score (nSPS) is 13.8. The quantitative estimate of drug-likeness (QED) is 0.159. The van der Waals surface area contributed by atoms with Crippen molar-refractivity contribution < 1.29 is 0 Å². The molecule has 0 saturated carbocycles. The standard InChI is InChI=1S/C81H49BN2S2/c1-3-22-50(23-4-1)53-42-45-68(58-28-9-7-26-56(53)58)83-70-38-17-16-37-67(70)82-78-72(83)48-52(55-32-21-33-61-60-30-12-18-39-74(60)86-80(55)61)49-73(78)84(69-46-43-54(51-24-5-2-6-25-51)57-27-8-10-29-59(57)69)71-47-44-66-77(79(71)82)62-31-11-13-34-63(62)81(66)64-35-14-19-40-75(64)85-76-41-20-15-36-65(76)81/h1-49H. The molecule has 0 fully saturated rings. The van der Waals surface area contributed by atoms with E-state index < -0.39 is 5.41 Å². The minimum absolute atomic E-state index is 0.167. The van der Waals surface area contributed by atoms with Gasteiger partial charge in [0.1, 0.15) is 0 Å². The number of para-hydroxylation sites is 1. The van der Waals surface area contributed by atoms with Gasteiger partial charge in [-0.3, -0.25) is 0 Å². The van der Waals surface area contributed by atoms with Gasteiger partial charge in [0.15, 0.2) is 0 Å². The van der Waals surface area contributed by atoms with Crippen molar-refractivity contribution in [2.75, 3.05) is 9.80 Å². The van der Waals surface area contributed by atoms with E-state index in [9.17, 15) is 0 Å². The molecule has 0 atom stereocenters. The maximum absolute atomic E-state index is 2.69. The molecule has 0 bridgehead atoms. The van der Waals surface area contributed by atoms with Crippen LogP contribution in [0.1, 0.15) is 22.3 Å². The van der Waals surface area contributed by atoms with Crippen molar-refractivity contribution in [3.63, 3.8) is 0 Å². The Bertz CT molecular complexity index is 5310. The van der Waals surface area contributed by atoms with Crippen LogP contribution in [0.3, 0.4) is 0 Å². The molecule has 0 N–H and O–H groups in total. The number of fused-ring (bicyclic) bond motifs is 19. The Morgan fingerprint density at radius 3 is 1.45 bits per heavy atom. The van der Waals surface area contributed by atoms with E-state index in [0.29, 0.717) is 0 Å². The third-order valence-electron chi connectivity index (χ3n) is 19.1. The van der Waals surface area contributed by atoms with Crippen LogP contribution in [0.4, 0.5) is 34.1 Å². The van der Waals surface area contributed by atoms with Crippen LogP contribution in [0.25, 0.3) is 86.2 Å². The fraction of sp³-hybridized carbons (Fsp3) is 0.0123. The third-order valence-corrected chi connectivity index (χ3v) is 21.5. The van der Waals surface area contributed by atoms with E-state index in [-0.39, 0.29) is 6.71 Å². The average molecular weight is 1130 g/mol. The van der Waals surface area contributed by atoms with Gasteiger partial charge in [0.05, 0.1) is 16.8 Å². The first kappa shape index (κ1) is 48.2. The van der Waals surface area contributed by atoms with Crippen LogP contribution in [-0.2, 0) is 5.41 Å². The molecular weight excluding hydrogens is 1080 g/mol. The lowest BCUT2D eigenvalue weighted by Gasteiger charge is -2.46. The van der Waals surface area contributed by atoms with E-state index in [2.05, 4.69) is 307 Å². The zero-order chi connectivity index (χ0) is 56.2. The predicted octanol–water partition coefficient (Wildman–Crippen LogP) is 20.3. The molecule has 0 saturated heterocycles. The van der Waals surface area contributed by atoms with Crippen LogP contribution < -0.4 is 26.2 Å². The van der Waals surface area contributed by atoms with Crippen LogP contribution in [0, 0.1) is 0 Å². The molecule has 1 aliphatic carbocycles. The Labute approximate surface area is 507 Å². The lowest BCUT2D eigenvalue weighted by molar-refractivity contribution is 0.722. The molecule has 398 valence electrons. The van der Waals surface area contributed by atoms with Gasteiger partial charge in [-0.05, 0) is 149 Å². The Kier molecular flexibility index (Phi) is 10.3. The number of benzene rings is 14. The summed E-state index contributed by atoms with van der Waals surface area (Å²) >= 11 is 3.81. The average Bonchev–Trinajstić information content (AvgIpc) is 1.38. The van der Waals surface area contributed by atoms with E-state index in [4.69, 9.17) is 0 Å². The molecule has 4 aliphatic rings. The van der Waals surface area contributed by atoms with Crippen LogP contribution >= 0.6 is 23.1 Å². The minimum atomic E-state index is -0.566. The third kappa shape index (κ3) is 6.59. The van der Waals surface area contributed by atoms with Crippen molar-refractivity contribution in [2.24, 2.45) is 0 Å². The summed E-state index contributed by atoms with van der Waals surface area (Å²) in [5.41, 5.74) is 25.6. The summed E-state index contributed by atoms with van der Waals surface area (Å²) in [7, 11) is 0. The highest BCUT2D eigenvalue weighted by Crippen LogP contribution is 2.63. The van der Waals surface area contributed by atoms with Crippen molar-refractivity contribution in [2.45, 2.75) is 15.2 Å². The molecular formula is C81H49BN2S2. The molecule has 1 spiro atoms. The monoisotopic (exact) mass is 1120 g/mol. The van der Waals surface area contributed by atoms with E-state index in [1.54, 1.807) is 0 Å². The number of rotatable bonds is 5. The van der Waals surface area contributed by atoms with E-state index in [1.807, 2.05) is 23.1 Å². The van der Waals surface area contributed by atoms with Crippen molar-refractivity contribution in [3.05, 3.63) is 320 Å². The summed E-state index contributed by atoms with van der Waals surface area (Å²) in [6, 6.07) is 113.